The van der Waals surface area contributed by atoms with Crippen molar-refractivity contribution in [2.24, 2.45) is 0 Å². The van der Waals surface area contributed by atoms with E-state index in [1.54, 1.807) is 24.4 Å². The summed E-state index contributed by atoms with van der Waals surface area (Å²) >= 11 is 5.69. The van der Waals surface area contributed by atoms with Crippen LogP contribution in [0.3, 0.4) is 0 Å². The third kappa shape index (κ3) is 2.06. The molecule has 0 saturated heterocycles. The molecule has 0 spiro atoms. The van der Waals surface area contributed by atoms with E-state index in [9.17, 15) is 0 Å². The zero-order valence-corrected chi connectivity index (χ0v) is 6.42. The zero-order valence-electron chi connectivity index (χ0n) is 5.66. The Bertz CT molecular complexity index is 312. The summed E-state index contributed by atoms with van der Waals surface area (Å²) in [4.78, 5) is 3.84. The summed E-state index contributed by atoms with van der Waals surface area (Å²) in [5, 5.41) is 8.63. The molecule has 0 unspecified atom stereocenters. The highest BCUT2D eigenvalue weighted by Crippen LogP contribution is 2.12. The van der Waals surface area contributed by atoms with Gasteiger partial charge in [0.25, 0.3) is 0 Å². The zero-order chi connectivity index (χ0) is 8.10. The molecule has 0 atom stereocenters. The van der Waals surface area contributed by atoms with Gasteiger partial charge in [-0.2, -0.15) is 5.26 Å². The molecule has 0 amide bonds. The SMILES string of the molecule is N#CC=Cc1cccnc1Cl. The topological polar surface area (TPSA) is 36.7 Å². The van der Waals surface area contributed by atoms with Crippen LogP contribution in [-0.4, -0.2) is 4.98 Å². The summed E-state index contributed by atoms with van der Waals surface area (Å²) in [5.41, 5.74) is 0.760. The van der Waals surface area contributed by atoms with Gasteiger partial charge < -0.3 is 0 Å². The minimum Gasteiger partial charge on any atom is -0.244 e. The molecule has 1 aromatic rings. The maximum atomic E-state index is 8.22. The second-order valence-corrected chi connectivity index (χ2v) is 2.20. The van der Waals surface area contributed by atoms with Gasteiger partial charge >= 0.3 is 0 Å². The van der Waals surface area contributed by atoms with E-state index in [2.05, 4.69) is 4.98 Å². The van der Waals surface area contributed by atoms with E-state index in [4.69, 9.17) is 16.9 Å². The van der Waals surface area contributed by atoms with Crippen molar-refractivity contribution in [3.05, 3.63) is 35.1 Å². The molecule has 54 valence electrons. The van der Waals surface area contributed by atoms with Gasteiger partial charge in [-0.05, 0) is 12.1 Å². The molecule has 0 aliphatic carbocycles. The van der Waals surface area contributed by atoms with Crippen molar-refractivity contribution in [1.29, 1.82) is 5.26 Å². The third-order valence-corrected chi connectivity index (χ3v) is 1.44. The Morgan fingerprint density at radius 2 is 2.45 bits per heavy atom. The molecule has 0 aliphatic heterocycles. The van der Waals surface area contributed by atoms with Gasteiger partial charge in [0, 0.05) is 17.8 Å². The Kier molecular flexibility index (Phi) is 2.65. The van der Waals surface area contributed by atoms with Crippen molar-refractivity contribution in [2.45, 2.75) is 0 Å². The largest absolute Gasteiger partial charge is 0.244 e. The Hall–Kier alpha value is -1.33. The predicted octanol–water partition coefficient (Wildman–Crippen LogP) is 2.27. The Morgan fingerprint density at radius 3 is 3.09 bits per heavy atom. The van der Waals surface area contributed by atoms with E-state index in [1.165, 1.54) is 6.08 Å². The average Bonchev–Trinajstić information content (AvgIpc) is 2.03. The molecule has 11 heavy (non-hydrogen) atoms. The molecule has 2 nitrogen and oxygen atoms in total. The minimum absolute atomic E-state index is 0.416. The molecule has 3 heteroatoms. The Balaban J connectivity index is 2.97. The van der Waals surface area contributed by atoms with Gasteiger partial charge in [-0.15, -0.1) is 0 Å². The van der Waals surface area contributed by atoms with E-state index in [0.717, 1.165) is 5.56 Å². The number of halogens is 1. The number of pyridine rings is 1. The van der Waals surface area contributed by atoms with Gasteiger partial charge in [0.15, 0.2) is 0 Å². The van der Waals surface area contributed by atoms with Crippen LogP contribution in [0.5, 0.6) is 0 Å². The molecule has 0 aliphatic rings. The smallest absolute Gasteiger partial charge is 0.136 e. The quantitative estimate of drug-likeness (QED) is 0.472. The van der Waals surface area contributed by atoms with Gasteiger partial charge in [-0.3, -0.25) is 0 Å². The molecule has 1 rings (SSSR count). The standard InChI is InChI=1S/C8H5ClN2/c9-8-7(3-1-5-10)4-2-6-11-8/h1-4,6H. The van der Waals surface area contributed by atoms with Crippen molar-refractivity contribution < 1.29 is 0 Å². The van der Waals surface area contributed by atoms with Crippen LogP contribution in [-0.2, 0) is 0 Å². The van der Waals surface area contributed by atoms with Crippen molar-refractivity contribution >= 4 is 17.7 Å². The van der Waals surface area contributed by atoms with E-state index < -0.39 is 0 Å². The number of hydrogen-bond donors (Lipinski definition) is 0. The number of nitriles is 1. The summed E-state index contributed by atoms with van der Waals surface area (Å²) in [6.45, 7) is 0. The van der Waals surface area contributed by atoms with Crippen LogP contribution >= 0.6 is 11.6 Å². The normalized spacial score (nSPS) is 9.82. The first-order valence-corrected chi connectivity index (χ1v) is 3.39. The fraction of sp³-hybridized carbons (Fsp3) is 0. The number of allylic oxidation sites excluding steroid dienone is 1. The maximum Gasteiger partial charge on any atom is 0.136 e. The highest BCUT2D eigenvalue weighted by Gasteiger charge is 1.92. The molecule has 0 aromatic carbocycles. The summed E-state index contributed by atoms with van der Waals surface area (Å²) in [6.07, 6.45) is 4.59. The summed E-state index contributed by atoms with van der Waals surface area (Å²) in [6, 6.07) is 5.44. The minimum atomic E-state index is 0.416. The van der Waals surface area contributed by atoms with Gasteiger partial charge in [0.1, 0.15) is 5.15 Å². The van der Waals surface area contributed by atoms with E-state index in [1.807, 2.05) is 6.07 Å². The first kappa shape index (κ1) is 7.77. The molecular formula is C8H5ClN2. The van der Waals surface area contributed by atoms with Crippen LogP contribution in [0.4, 0.5) is 0 Å². The predicted molar refractivity (Wildman–Crippen MR) is 43.9 cm³/mol. The first-order chi connectivity index (χ1) is 5.34. The molecule has 0 saturated carbocycles. The lowest BCUT2D eigenvalue weighted by atomic mass is 10.3. The lowest BCUT2D eigenvalue weighted by Gasteiger charge is -1.92. The van der Waals surface area contributed by atoms with Gasteiger partial charge in [0.05, 0.1) is 6.07 Å². The van der Waals surface area contributed by atoms with Crippen molar-refractivity contribution in [1.82, 2.24) is 4.98 Å². The van der Waals surface area contributed by atoms with Crippen LogP contribution in [0.15, 0.2) is 24.4 Å². The van der Waals surface area contributed by atoms with Crippen LogP contribution in [0.25, 0.3) is 6.08 Å². The molecule has 0 radical (unpaired) electrons. The number of nitrogens with zero attached hydrogens (tertiary/aromatic N) is 2. The second-order valence-electron chi connectivity index (χ2n) is 1.85. The van der Waals surface area contributed by atoms with Gasteiger partial charge in [-0.25, -0.2) is 4.98 Å². The van der Waals surface area contributed by atoms with Crippen molar-refractivity contribution in [2.75, 3.05) is 0 Å². The number of aromatic nitrogens is 1. The number of rotatable bonds is 1. The Morgan fingerprint density at radius 1 is 1.64 bits per heavy atom. The molecule has 1 aromatic heterocycles. The molecule has 1 heterocycles. The molecule has 0 bridgehead atoms. The average molecular weight is 165 g/mol. The third-order valence-electron chi connectivity index (χ3n) is 1.13. The van der Waals surface area contributed by atoms with E-state index in [-0.39, 0.29) is 0 Å². The molecule has 0 fully saturated rings. The fourth-order valence-corrected chi connectivity index (χ4v) is 0.832. The summed E-state index contributed by atoms with van der Waals surface area (Å²) < 4.78 is 0. The second kappa shape index (κ2) is 3.75. The lowest BCUT2D eigenvalue weighted by Crippen LogP contribution is -1.77. The molecular weight excluding hydrogens is 160 g/mol. The van der Waals surface area contributed by atoms with Crippen LogP contribution in [0.2, 0.25) is 5.15 Å². The number of hydrogen-bond acceptors (Lipinski definition) is 2. The monoisotopic (exact) mass is 164 g/mol. The van der Waals surface area contributed by atoms with Crippen LogP contribution in [0, 0.1) is 11.3 Å². The first-order valence-electron chi connectivity index (χ1n) is 3.01. The van der Waals surface area contributed by atoms with Gasteiger partial charge in [0.2, 0.25) is 0 Å². The maximum absolute atomic E-state index is 8.22. The van der Waals surface area contributed by atoms with Gasteiger partial charge in [-0.1, -0.05) is 17.7 Å². The van der Waals surface area contributed by atoms with E-state index >= 15 is 0 Å². The molecule has 0 N–H and O–H groups in total. The van der Waals surface area contributed by atoms with E-state index in [0.29, 0.717) is 5.15 Å². The highest BCUT2D eigenvalue weighted by atomic mass is 35.5. The van der Waals surface area contributed by atoms with Crippen molar-refractivity contribution in [3.8, 4) is 6.07 Å². The lowest BCUT2D eigenvalue weighted by molar-refractivity contribution is 1.32. The van der Waals surface area contributed by atoms with Crippen LogP contribution in [0.1, 0.15) is 5.56 Å². The summed E-state index contributed by atoms with van der Waals surface area (Å²) in [5.74, 6) is 0. The fourth-order valence-electron chi connectivity index (χ4n) is 0.650. The highest BCUT2D eigenvalue weighted by molar-refractivity contribution is 6.30. The van der Waals surface area contributed by atoms with Crippen LogP contribution < -0.4 is 0 Å². The van der Waals surface area contributed by atoms with Crippen molar-refractivity contribution in [3.63, 3.8) is 0 Å². The Labute approximate surface area is 69.8 Å². The summed E-state index contributed by atoms with van der Waals surface area (Å²) in [7, 11) is 0.